The Kier molecular flexibility index (Phi) is 3.69. The van der Waals surface area contributed by atoms with Crippen LogP contribution in [0.4, 0.5) is 0 Å². The van der Waals surface area contributed by atoms with Gasteiger partial charge in [-0.15, -0.1) is 0 Å². The smallest absolute Gasteiger partial charge is 0.322 e. The average Bonchev–Trinajstić information content (AvgIpc) is 2.08. The zero-order valence-electron chi connectivity index (χ0n) is 8.37. The molecule has 1 aliphatic carbocycles. The maximum atomic E-state index is 11.0. The molecule has 1 saturated carbocycles. The maximum absolute atomic E-state index is 11.0. The van der Waals surface area contributed by atoms with E-state index < -0.39 is 0 Å². The minimum Gasteiger partial charge on any atom is -0.468 e. The van der Waals surface area contributed by atoms with Crippen molar-refractivity contribution in [3.63, 3.8) is 0 Å². The Morgan fingerprint density at radius 2 is 2.08 bits per heavy atom. The highest BCUT2D eigenvalue weighted by molar-refractivity contribution is 5.75. The van der Waals surface area contributed by atoms with Crippen LogP contribution in [-0.4, -0.2) is 38.4 Å². The molecule has 1 N–H and O–H groups in total. The van der Waals surface area contributed by atoms with Gasteiger partial charge in [0, 0.05) is 13.2 Å². The second kappa shape index (κ2) is 4.58. The summed E-state index contributed by atoms with van der Waals surface area (Å²) in [5.41, 5.74) is 0. The Morgan fingerprint density at radius 1 is 1.46 bits per heavy atom. The lowest BCUT2D eigenvalue weighted by atomic mass is 9.89. The van der Waals surface area contributed by atoms with E-state index in [1.807, 2.05) is 6.92 Å². The van der Waals surface area contributed by atoms with E-state index in [1.54, 1.807) is 7.11 Å². The third kappa shape index (κ3) is 2.67. The summed E-state index contributed by atoms with van der Waals surface area (Å²) in [5.74, 6) is -0.208. The number of hydrogen-bond acceptors (Lipinski definition) is 4. The van der Waals surface area contributed by atoms with Gasteiger partial charge in [0.25, 0.3) is 0 Å². The summed E-state index contributed by atoms with van der Waals surface area (Å²) in [6.45, 7) is 1.81. The van der Waals surface area contributed by atoms with Crippen LogP contribution in [0.5, 0.6) is 0 Å². The largest absolute Gasteiger partial charge is 0.468 e. The monoisotopic (exact) mass is 187 g/mol. The Balaban J connectivity index is 2.16. The molecule has 76 valence electrons. The van der Waals surface area contributed by atoms with Gasteiger partial charge in [-0.3, -0.25) is 4.79 Å². The molecule has 0 saturated heterocycles. The quantitative estimate of drug-likeness (QED) is 0.644. The van der Waals surface area contributed by atoms with Crippen LogP contribution in [0, 0.1) is 0 Å². The van der Waals surface area contributed by atoms with Gasteiger partial charge in [0.05, 0.1) is 13.2 Å². The Hall–Kier alpha value is -0.610. The van der Waals surface area contributed by atoms with Crippen molar-refractivity contribution in [3.8, 4) is 0 Å². The van der Waals surface area contributed by atoms with Crippen molar-refractivity contribution in [2.75, 3.05) is 14.2 Å². The zero-order valence-corrected chi connectivity index (χ0v) is 8.37. The number of carbonyl (C=O) groups is 1. The van der Waals surface area contributed by atoms with Gasteiger partial charge in [-0.2, -0.15) is 0 Å². The van der Waals surface area contributed by atoms with E-state index in [-0.39, 0.29) is 12.0 Å². The van der Waals surface area contributed by atoms with Crippen LogP contribution in [0.15, 0.2) is 0 Å². The topological polar surface area (TPSA) is 47.6 Å². The van der Waals surface area contributed by atoms with Crippen LogP contribution in [0.3, 0.4) is 0 Å². The Bertz CT molecular complexity index is 178. The SMILES string of the molecule is COC(=O)[C@H](C)NC1CC(OC)C1. The molecule has 0 aliphatic heterocycles. The summed E-state index contributed by atoms with van der Waals surface area (Å²) in [4.78, 5) is 11.0. The van der Waals surface area contributed by atoms with Gasteiger partial charge in [-0.05, 0) is 19.8 Å². The Labute approximate surface area is 78.6 Å². The third-order valence-corrected chi connectivity index (χ3v) is 2.47. The fraction of sp³-hybridized carbons (Fsp3) is 0.889. The molecule has 0 spiro atoms. The van der Waals surface area contributed by atoms with Gasteiger partial charge in [-0.25, -0.2) is 0 Å². The number of methoxy groups -OCH3 is 2. The first-order valence-corrected chi connectivity index (χ1v) is 4.54. The lowest BCUT2D eigenvalue weighted by Gasteiger charge is -2.36. The predicted molar refractivity (Wildman–Crippen MR) is 48.4 cm³/mol. The summed E-state index contributed by atoms with van der Waals surface area (Å²) in [6.07, 6.45) is 2.33. The lowest BCUT2D eigenvalue weighted by molar-refractivity contribution is -0.143. The molecule has 13 heavy (non-hydrogen) atoms. The van der Waals surface area contributed by atoms with Gasteiger partial charge in [0.2, 0.25) is 0 Å². The molecule has 1 atom stereocenters. The molecule has 0 unspecified atom stereocenters. The van der Waals surface area contributed by atoms with Crippen LogP contribution in [-0.2, 0) is 14.3 Å². The molecule has 0 radical (unpaired) electrons. The van der Waals surface area contributed by atoms with Crippen LogP contribution in [0.25, 0.3) is 0 Å². The van der Waals surface area contributed by atoms with E-state index in [1.165, 1.54) is 7.11 Å². The highest BCUT2D eigenvalue weighted by atomic mass is 16.5. The molecular formula is C9H17NO3. The van der Waals surface area contributed by atoms with Crippen LogP contribution < -0.4 is 5.32 Å². The van der Waals surface area contributed by atoms with Crippen molar-refractivity contribution < 1.29 is 14.3 Å². The summed E-state index contributed by atoms with van der Waals surface area (Å²) < 4.78 is 9.73. The summed E-state index contributed by atoms with van der Waals surface area (Å²) >= 11 is 0. The maximum Gasteiger partial charge on any atom is 0.322 e. The van der Waals surface area contributed by atoms with Crippen molar-refractivity contribution in [1.82, 2.24) is 5.32 Å². The number of nitrogens with one attached hydrogen (secondary N) is 1. The lowest BCUT2D eigenvalue weighted by Crippen LogP contribution is -2.50. The fourth-order valence-electron chi connectivity index (χ4n) is 1.49. The molecule has 0 aromatic rings. The molecular weight excluding hydrogens is 170 g/mol. The fourth-order valence-corrected chi connectivity index (χ4v) is 1.49. The van der Waals surface area contributed by atoms with Gasteiger partial charge in [0.1, 0.15) is 6.04 Å². The van der Waals surface area contributed by atoms with E-state index in [0.29, 0.717) is 12.1 Å². The first kappa shape index (κ1) is 10.5. The van der Waals surface area contributed by atoms with Crippen molar-refractivity contribution in [3.05, 3.63) is 0 Å². The molecule has 4 nitrogen and oxygen atoms in total. The van der Waals surface area contributed by atoms with Crippen molar-refractivity contribution >= 4 is 5.97 Å². The normalized spacial score (nSPS) is 29.2. The summed E-state index contributed by atoms with van der Waals surface area (Å²) in [5, 5.41) is 3.18. The second-order valence-electron chi connectivity index (χ2n) is 3.44. The second-order valence-corrected chi connectivity index (χ2v) is 3.44. The predicted octanol–water partition coefficient (Wildman–Crippen LogP) is 0.315. The van der Waals surface area contributed by atoms with E-state index in [0.717, 1.165) is 12.8 Å². The highest BCUT2D eigenvalue weighted by Gasteiger charge is 2.31. The van der Waals surface area contributed by atoms with E-state index in [4.69, 9.17) is 4.74 Å². The first-order chi connectivity index (χ1) is 6.17. The third-order valence-electron chi connectivity index (χ3n) is 2.47. The molecule has 0 bridgehead atoms. The van der Waals surface area contributed by atoms with Crippen molar-refractivity contribution in [2.45, 2.75) is 38.0 Å². The molecule has 0 heterocycles. The van der Waals surface area contributed by atoms with Crippen LogP contribution in [0.2, 0.25) is 0 Å². The van der Waals surface area contributed by atoms with E-state index in [2.05, 4.69) is 10.1 Å². The number of hydrogen-bond donors (Lipinski definition) is 1. The number of ether oxygens (including phenoxy) is 2. The summed E-state index contributed by atoms with van der Waals surface area (Å²) in [6, 6.07) is 0.187. The number of rotatable bonds is 4. The number of carbonyl (C=O) groups excluding carboxylic acids is 1. The first-order valence-electron chi connectivity index (χ1n) is 4.54. The minimum atomic E-state index is -0.215. The molecule has 0 amide bonds. The van der Waals surface area contributed by atoms with Crippen molar-refractivity contribution in [1.29, 1.82) is 0 Å². The molecule has 1 fully saturated rings. The van der Waals surface area contributed by atoms with Crippen molar-refractivity contribution in [2.24, 2.45) is 0 Å². The van der Waals surface area contributed by atoms with E-state index >= 15 is 0 Å². The number of esters is 1. The van der Waals surface area contributed by atoms with Crippen LogP contribution >= 0.6 is 0 Å². The Morgan fingerprint density at radius 3 is 2.54 bits per heavy atom. The standard InChI is InChI=1S/C9H17NO3/c1-6(9(11)13-3)10-7-4-8(5-7)12-2/h6-8,10H,4-5H2,1-3H3/t6-,7?,8?/m0/s1. The molecule has 0 aromatic heterocycles. The molecule has 4 heteroatoms. The molecule has 1 rings (SSSR count). The zero-order chi connectivity index (χ0) is 9.84. The molecule has 0 aromatic carbocycles. The van der Waals surface area contributed by atoms with Crippen LogP contribution in [0.1, 0.15) is 19.8 Å². The van der Waals surface area contributed by atoms with Gasteiger partial charge < -0.3 is 14.8 Å². The van der Waals surface area contributed by atoms with Gasteiger partial charge in [0.15, 0.2) is 0 Å². The average molecular weight is 187 g/mol. The highest BCUT2D eigenvalue weighted by Crippen LogP contribution is 2.22. The van der Waals surface area contributed by atoms with Gasteiger partial charge in [-0.1, -0.05) is 0 Å². The van der Waals surface area contributed by atoms with Gasteiger partial charge >= 0.3 is 5.97 Å². The summed E-state index contributed by atoms with van der Waals surface area (Å²) in [7, 11) is 3.11. The minimum absolute atomic E-state index is 0.208. The molecule has 1 aliphatic rings. The van der Waals surface area contributed by atoms with E-state index in [9.17, 15) is 4.79 Å².